The van der Waals surface area contributed by atoms with Crippen molar-refractivity contribution in [2.45, 2.75) is 293 Å². The van der Waals surface area contributed by atoms with Crippen molar-refractivity contribution in [3.63, 3.8) is 0 Å². The third-order valence-electron chi connectivity index (χ3n) is 8.53. The number of halogens is 24. The molecule has 2 atom stereocenters. The molecule has 0 amide bonds. The normalized spacial score (nSPS) is 13.7. The van der Waals surface area contributed by atoms with Crippen molar-refractivity contribution in [3.05, 3.63) is 0 Å². The van der Waals surface area contributed by atoms with E-state index >= 15 is 0 Å². The number of hydrogen-bond acceptors (Lipinski definition) is 0. The number of hydrogen-bond donors (Lipinski definition) is 0. The minimum Gasteiger partial charge on any atom is -0.171 e. The summed E-state index contributed by atoms with van der Waals surface area (Å²) >= 11 is 0. The highest BCUT2D eigenvalue weighted by molar-refractivity contribution is 4.84. The van der Waals surface area contributed by atoms with Crippen molar-refractivity contribution in [1.29, 1.82) is 0 Å². The maximum Gasteiger partial charge on any atom is 0.402 e. The molecule has 0 aliphatic heterocycles. The minimum absolute atomic E-state index is 0.104. The summed E-state index contributed by atoms with van der Waals surface area (Å²) in [7, 11) is 0. The van der Waals surface area contributed by atoms with Crippen LogP contribution in [0.25, 0.3) is 0 Å². The summed E-state index contributed by atoms with van der Waals surface area (Å²) in [5.74, 6) is -4.33. The van der Waals surface area contributed by atoms with Crippen LogP contribution in [0.3, 0.4) is 0 Å². The SMILES string of the molecule is CC(C)(C(F)(F)F)C(F)(F)F.CC(C)(C)C(F)(F)F.CC(C)C.CC(C)C(F)(F)F.CCC(C)C.CCC(C)C(F)(F)F.CCCCC.CCCCCC(F)(F)F.CCC[C@H](C)C(F)(F)F.[2H]C(C)(C)C.[2H]C(C)(C)C(F)(F)F. The fraction of sp³-hybridized carbons (Fsp3) is 1.00. The minimum atomic E-state index is -5.24. The second kappa shape index (κ2) is 49.0. The number of unbranched alkanes of at least 4 members (excludes halogenated alkanes) is 4. The van der Waals surface area contributed by atoms with Gasteiger partial charge < -0.3 is 0 Å². The third-order valence-corrected chi connectivity index (χ3v) is 8.53. The zero-order chi connectivity index (χ0) is 67.7. The summed E-state index contributed by atoms with van der Waals surface area (Å²) in [4.78, 5) is 0. The highest BCUT2D eigenvalue weighted by Crippen LogP contribution is 2.49. The Morgan fingerprint density at radius 2 is 0.584 bits per heavy atom. The molecule has 0 N–H and O–H groups in total. The van der Waals surface area contributed by atoms with Crippen LogP contribution in [-0.2, 0) is 0 Å². The van der Waals surface area contributed by atoms with E-state index < -0.39 is 90.3 Å². The summed E-state index contributed by atoms with van der Waals surface area (Å²) in [5, 5.41) is 0. The van der Waals surface area contributed by atoms with Crippen LogP contribution in [0.15, 0.2) is 0 Å². The van der Waals surface area contributed by atoms with E-state index in [1.165, 1.54) is 46.5 Å². The van der Waals surface area contributed by atoms with Gasteiger partial charge in [-0.3, -0.25) is 0 Å². The Morgan fingerprint density at radius 1 is 0.351 bits per heavy atom. The summed E-state index contributed by atoms with van der Waals surface area (Å²) in [5.41, 5.74) is -5.19. The smallest absolute Gasteiger partial charge is 0.171 e. The summed E-state index contributed by atoms with van der Waals surface area (Å²) in [6, 6.07) is 0. The van der Waals surface area contributed by atoms with Gasteiger partial charge in [-0.2, -0.15) is 105 Å². The van der Waals surface area contributed by atoms with Gasteiger partial charge in [0.1, 0.15) is 0 Å². The van der Waals surface area contributed by atoms with E-state index in [1.807, 2.05) is 27.7 Å². The first-order valence-corrected chi connectivity index (χ1v) is 25.4. The lowest BCUT2D eigenvalue weighted by Crippen LogP contribution is -2.44. The van der Waals surface area contributed by atoms with Crippen molar-refractivity contribution < 1.29 is 108 Å². The molecule has 0 radical (unpaired) electrons. The van der Waals surface area contributed by atoms with E-state index in [0.717, 1.165) is 66.7 Å². The van der Waals surface area contributed by atoms with E-state index in [0.29, 0.717) is 12.8 Å². The van der Waals surface area contributed by atoms with Gasteiger partial charge in [0.2, 0.25) is 0 Å². The molecule has 24 heteroatoms. The van der Waals surface area contributed by atoms with E-state index in [4.69, 9.17) is 2.74 Å². The molecule has 0 aromatic rings. The molecule has 0 bridgehead atoms. The maximum absolute atomic E-state index is 11.6. The van der Waals surface area contributed by atoms with E-state index in [-0.39, 0.29) is 39.0 Å². The Labute approximate surface area is 453 Å². The summed E-state index contributed by atoms with van der Waals surface area (Å²) < 4.78 is 289. The molecule has 0 aliphatic rings. The molecule has 0 saturated carbocycles. The second-order valence-corrected chi connectivity index (χ2v) is 21.1. The van der Waals surface area contributed by atoms with Crippen LogP contribution in [0.1, 0.15) is 246 Å². The fourth-order valence-electron chi connectivity index (χ4n) is 1.92. The molecule has 0 saturated heterocycles. The molecule has 0 spiro atoms. The van der Waals surface area contributed by atoms with Gasteiger partial charge in [-0.05, 0) is 50.8 Å². The first-order chi connectivity index (χ1) is 33.9. The van der Waals surface area contributed by atoms with Crippen molar-refractivity contribution >= 4 is 0 Å². The predicted octanol–water partition coefficient (Wildman–Crippen LogP) is 26.4. The van der Waals surface area contributed by atoms with Gasteiger partial charge in [0.15, 0.2) is 5.41 Å². The van der Waals surface area contributed by atoms with Crippen LogP contribution in [0.5, 0.6) is 0 Å². The van der Waals surface area contributed by atoms with Crippen LogP contribution >= 0.6 is 0 Å². The lowest BCUT2D eigenvalue weighted by atomic mass is 9.92. The van der Waals surface area contributed by atoms with Crippen LogP contribution in [-0.4, -0.2) is 49.4 Å². The van der Waals surface area contributed by atoms with Gasteiger partial charge in [-0.25, -0.2) is 0 Å². The largest absolute Gasteiger partial charge is 0.402 e. The highest BCUT2D eigenvalue weighted by Gasteiger charge is 2.64. The molecule has 0 rings (SSSR count). The number of alkyl halides is 24. The molecular formula is C53H104F24. The van der Waals surface area contributed by atoms with Crippen molar-refractivity contribution in [3.8, 4) is 0 Å². The Bertz CT molecular complexity index is 1190. The van der Waals surface area contributed by atoms with Crippen LogP contribution < -0.4 is 0 Å². The molecule has 484 valence electrons. The average molecular weight is 1200 g/mol. The van der Waals surface area contributed by atoms with Crippen LogP contribution in [0.4, 0.5) is 105 Å². The Hall–Kier alpha value is -1.68. The zero-order valence-corrected chi connectivity index (χ0v) is 50.7. The lowest BCUT2D eigenvalue weighted by molar-refractivity contribution is -0.327. The summed E-state index contributed by atoms with van der Waals surface area (Å²) in [6.45, 7) is 38.2. The van der Waals surface area contributed by atoms with Gasteiger partial charge in [-0.15, -0.1) is 0 Å². The third kappa shape index (κ3) is 94.0. The van der Waals surface area contributed by atoms with E-state index in [2.05, 4.69) is 55.4 Å². The molecule has 0 fully saturated rings. The van der Waals surface area contributed by atoms with Gasteiger partial charge >= 0.3 is 49.4 Å². The first-order valence-electron chi connectivity index (χ1n) is 26.4. The molecule has 0 nitrogen and oxygen atoms in total. The number of rotatable bonds is 9. The quantitative estimate of drug-likeness (QED) is 0.159. The maximum atomic E-state index is 11.6. The van der Waals surface area contributed by atoms with Gasteiger partial charge in [0, 0.05) is 21.0 Å². The molecule has 1 unspecified atom stereocenters. The first kappa shape index (κ1) is 94.6. The van der Waals surface area contributed by atoms with Crippen LogP contribution in [0.2, 0.25) is 0 Å². The monoisotopic (exact) mass is 1200 g/mol. The fourth-order valence-corrected chi connectivity index (χ4v) is 1.92. The van der Waals surface area contributed by atoms with E-state index in [1.54, 1.807) is 6.92 Å². The topological polar surface area (TPSA) is 0 Å². The predicted molar refractivity (Wildman–Crippen MR) is 270 cm³/mol. The lowest BCUT2D eigenvalue weighted by Gasteiger charge is -2.29. The van der Waals surface area contributed by atoms with Crippen molar-refractivity contribution in [2.24, 2.45) is 52.2 Å². The van der Waals surface area contributed by atoms with Gasteiger partial charge in [0.05, 0.1) is 17.3 Å². The van der Waals surface area contributed by atoms with Crippen molar-refractivity contribution in [2.75, 3.05) is 0 Å². The molecule has 77 heavy (non-hydrogen) atoms. The zero-order valence-electron chi connectivity index (χ0n) is 52.7. The molecule has 0 aromatic heterocycles. The average Bonchev–Trinajstić information content (AvgIpc) is 3.15. The van der Waals surface area contributed by atoms with Gasteiger partial charge in [-0.1, -0.05) is 204 Å². The Kier molecular flexibility index (Phi) is 60.2. The van der Waals surface area contributed by atoms with Crippen molar-refractivity contribution in [1.82, 2.24) is 0 Å². The van der Waals surface area contributed by atoms with E-state index in [9.17, 15) is 105 Å². The molecule has 0 heterocycles. The Morgan fingerprint density at radius 3 is 0.636 bits per heavy atom. The molecule has 0 aromatic carbocycles. The Balaban J connectivity index is -0.0000000723. The van der Waals surface area contributed by atoms with Crippen LogP contribution in [0, 0.1) is 52.2 Å². The van der Waals surface area contributed by atoms with Gasteiger partial charge in [0.25, 0.3) is 0 Å². The second-order valence-electron chi connectivity index (χ2n) is 21.1. The molecular weight excluding hydrogens is 1090 g/mol. The standard InChI is InChI=1S/2C6H11F3.C5H6F6.2C5H9F3.2C5H12.2C4H7F3.2C4H10/c1-3-4-5(2)6(7,8)9;1-2-3-4-5-6(7,8)9;1-3(2,4(6,7)8)5(9,10)11;1-4(2,3)5(6,7)8;1-3-4(2)5(6,7)8;1-4-5(2)3;1-3-5-4-2;2*1-3(2)4(5,6)7;2*1-4(2)3/h5H,3-4H2,1-2H3;2-5H2,1H3;1-2H3;1-3H3;4H,3H2,1-2H3;5H,4H2,1-3H3;3-5H2,1-2H3;2*3H,1-2H3;2*4H,1-3H3/t5-;;;;;;;;;;/m0........../s1/i;;;;;;;3D;;4D;. The molecule has 0 aliphatic carbocycles. The summed E-state index contributed by atoms with van der Waals surface area (Å²) in [6.07, 6.45) is -27.3. The highest BCUT2D eigenvalue weighted by atomic mass is 19.4.